The van der Waals surface area contributed by atoms with E-state index in [0.717, 1.165) is 16.8 Å². The Labute approximate surface area is 158 Å². The minimum absolute atomic E-state index is 0.0894. The Kier molecular flexibility index (Phi) is 5.54. The van der Waals surface area contributed by atoms with Gasteiger partial charge in [0.05, 0.1) is 5.92 Å². The van der Waals surface area contributed by atoms with Gasteiger partial charge in [-0.3, -0.25) is 14.4 Å². The van der Waals surface area contributed by atoms with Gasteiger partial charge in [0, 0.05) is 24.3 Å². The van der Waals surface area contributed by atoms with Gasteiger partial charge in [0.15, 0.2) is 6.61 Å². The molecule has 27 heavy (non-hydrogen) atoms. The summed E-state index contributed by atoms with van der Waals surface area (Å²) in [6, 6.07) is 14.8. The van der Waals surface area contributed by atoms with Crippen LogP contribution in [0.3, 0.4) is 0 Å². The number of carbonyl (C=O) groups excluding carboxylic acids is 3. The summed E-state index contributed by atoms with van der Waals surface area (Å²) in [6.07, 6.45) is 0.0894. The van der Waals surface area contributed by atoms with E-state index in [1.807, 2.05) is 38.1 Å². The molecule has 0 bridgehead atoms. The van der Waals surface area contributed by atoms with Gasteiger partial charge in [-0.15, -0.1) is 0 Å². The summed E-state index contributed by atoms with van der Waals surface area (Å²) in [5.41, 5.74) is 3.54. The molecular formula is C21H22N2O4. The molecule has 2 amide bonds. The molecule has 3 rings (SSSR count). The molecule has 1 aliphatic heterocycles. The van der Waals surface area contributed by atoms with Crippen molar-refractivity contribution in [2.24, 2.45) is 5.92 Å². The second-order valence-electron chi connectivity index (χ2n) is 6.77. The maximum absolute atomic E-state index is 12.3. The number of benzene rings is 2. The molecule has 0 radical (unpaired) electrons. The molecule has 2 aromatic rings. The maximum atomic E-state index is 12.3. The number of ether oxygens (including phenoxy) is 1. The van der Waals surface area contributed by atoms with Crippen LogP contribution in [0.25, 0.3) is 0 Å². The number of para-hydroxylation sites is 1. The van der Waals surface area contributed by atoms with E-state index in [1.165, 1.54) is 0 Å². The molecule has 0 aliphatic carbocycles. The second-order valence-corrected chi connectivity index (χ2v) is 6.77. The molecule has 0 spiro atoms. The lowest BCUT2D eigenvalue weighted by Gasteiger charge is -2.18. The molecule has 2 aromatic carbocycles. The van der Waals surface area contributed by atoms with Crippen LogP contribution in [0, 0.1) is 19.8 Å². The third-order valence-electron chi connectivity index (χ3n) is 4.38. The molecule has 1 heterocycles. The summed E-state index contributed by atoms with van der Waals surface area (Å²) in [5, 5.41) is 2.65. The fourth-order valence-electron chi connectivity index (χ4n) is 3.19. The SMILES string of the molecule is Cc1cc(C)cc(N2C[C@H](C(=O)OCC(=O)Nc3ccccc3)CC2=O)c1. The number of hydrogen-bond donors (Lipinski definition) is 1. The summed E-state index contributed by atoms with van der Waals surface area (Å²) in [7, 11) is 0. The molecule has 0 aromatic heterocycles. The van der Waals surface area contributed by atoms with Gasteiger partial charge >= 0.3 is 5.97 Å². The van der Waals surface area contributed by atoms with Crippen LogP contribution in [0.1, 0.15) is 17.5 Å². The summed E-state index contributed by atoms with van der Waals surface area (Å²) >= 11 is 0. The van der Waals surface area contributed by atoms with Gasteiger partial charge in [-0.25, -0.2) is 0 Å². The highest BCUT2D eigenvalue weighted by Gasteiger charge is 2.36. The van der Waals surface area contributed by atoms with E-state index < -0.39 is 17.8 Å². The number of hydrogen-bond acceptors (Lipinski definition) is 4. The van der Waals surface area contributed by atoms with Crippen LogP contribution < -0.4 is 10.2 Å². The lowest BCUT2D eigenvalue weighted by Crippen LogP contribution is -2.28. The van der Waals surface area contributed by atoms with E-state index in [4.69, 9.17) is 4.74 Å². The lowest BCUT2D eigenvalue weighted by molar-refractivity contribution is -0.151. The van der Waals surface area contributed by atoms with E-state index in [0.29, 0.717) is 5.69 Å². The highest BCUT2D eigenvalue weighted by atomic mass is 16.5. The number of amides is 2. The molecule has 1 atom stereocenters. The van der Waals surface area contributed by atoms with Crippen LogP contribution in [0.15, 0.2) is 48.5 Å². The Morgan fingerprint density at radius 2 is 1.78 bits per heavy atom. The zero-order valence-electron chi connectivity index (χ0n) is 15.4. The van der Waals surface area contributed by atoms with Crippen LogP contribution in [0.2, 0.25) is 0 Å². The van der Waals surface area contributed by atoms with Crippen molar-refractivity contribution in [2.75, 3.05) is 23.4 Å². The number of aryl methyl sites for hydroxylation is 2. The molecule has 0 saturated carbocycles. The predicted molar refractivity (Wildman–Crippen MR) is 102 cm³/mol. The molecule has 1 saturated heterocycles. The summed E-state index contributed by atoms with van der Waals surface area (Å²) in [4.78, 5) is 38.1. The normalized spacial score (nSPS) is 16.3. The fourth-order valence-corrected chi connectivity index (χ4v) is 3.19. The van der Waals surface area contributed by atoms with E-state index in [2.05, 4.69) is 5.32 Å². The van der Waals surface area contributed by atoms with Crippen LogP contribution in [-0.4, -0.2) is 30.9 Å². The van der Waals surface area contributed by atoms with Gasteiger partial charge in [0.25, 0.3) is 5.91 Å². The summed E-state index contributed by atoms with van der Waals surface area (Å²) < 4.78 is 5.11. The molecule has 6 nitrogen and oxygen atoms in total. The van der Waals surface area contributed by atoms with E-state index in [9.17, 15) is 14.4 Å². The monoisotopic (exact) mass is 366 g/mol. The Morgan fingerprint density at radius 3 is 2.44 bits per heavy atom. The van der Waals surface area contributed by atoms with Gasteiger partial charge < -0.3 is 15.0 Å². The molecule has 0 unspecified atom stereocenters. The number of carbonyl (C=O) groups is 3. The van der Waals surface area contributed by atoms with E-state index in [-0.39, 0.29) is 25.5 Å². The Balaban J connectivity index is 1.55. The van der Waals surface area contributed by atoms with Crippen LogP contribution in [-0.2, 0) is 19.1 Å². The maximum Gasteiger partial charge on any atom is 0.311 e. The first-order chi connectivity index (χ1) is 12.9. The Morgan fingerprint density at radius 1 is 1.11 bits per heavy atom. The average Bonchev–Trinajstić information content (AvgIpc) is 3.01. The highest BCUT2D eigenvalue weighted by molar-refractivity contribution is 6.00. The van der Waals surface area contributed by atoms with Crippen molar-refractivity contribution < 1.29 is 19.1 Å². The smallest absolute Gasteiger partial charge is 0.311 e. The largest absolute Gasteiger partial charge is 0.455 e. The predicted octanol–water partition coefficient (Wildman–Crippen LogP) is 2.84. The molecular weight excluding hydrogens is 344 g/mol. The fraction of sp³-hybridized carbons (Fsp3) is 0.286. The quantitative estimate of drug-likeness (QED) is 0.826. The first-order valence-electron chi connectivity index (χ1n) is 8.82. The van der Waals surface area contributed by atoms with Crippen molar-refractivity contribution in [2.45, 2.75) is 20.3 Å². The number of esters is 1. The first kappa shape index (κ1) is 18.6. The Bertz CT molecular complexity index is 843. The van der Waals surface area contributed by atoms with E-state index in [1.54, 1.807) is 29.2 Å². The first-order valence-corrected chi connectivity index (χ1v) is 8.82. The van der Waals surface area contributed by atoms with Gasteiger partial charge in [-0.1, -0.05) is 24.3 Å². The van der Waals surface area contributed by atoms with Crippen molar-refractivity contribution >= 4 is 29.2 Å². The zero-order valence-corrected chi connectivity index (χ0v) is 15.4. The van der Waals surface area contributed by atoms with Crippen molar-refractivity contribution in [3.8, 4) is 0 Å². The molecule has 1 aliphatic rings. The molecule has 140 valence electrons. The van der Waals surface area contributed by atoms with Crippen LogP contribution in [0.5, 0.6) is 0 Å². The van der Waals surface area contributed by atoms with Gasteiger partial charge in [-0.05, 0) is 49.2 Å². The van der Waals surface area contributed by atoms with Gasteiger partial charge in [0.1, 0.15) is 0 Å². The van der Waals surface area contributed by atoms with Gasteiger partial charge in [-0.2, -0.15) is 0 Å². The van der Waals surface area contributed by atoms with Gasteiger partial charge in [0.2, 0.25) is 5.91 Å². The van der Waals surface area contributed by atoms with Crippen molar-refractivity contribution in [3.63, 3.8) is 0 Å². The van der Waals surface area contributed by atoms with Crippen molar-refractivity contribution in [1.29, 1.82) is 0 Å². The highest BCUT2D eigenvalue weighted by Crippen LogP contribution is 2.27. The minimum atomic E-state index is -0.567. The standard InChI is InChI=1S/C21H22N2O4/c1-14-8-15(2)10-18(9-14)23-12-16(11-20(23)25)21(26)27-13-19(24)22-17-6-4-3-5-7-17/h3-10,16H,11-13H2,1-2H3,(H,22,24)/t16-/m1/s1. The number of rotatable bonds is 5. The zero-order chi connectivity index (χ0) is 19.4. The second kappa shape index (κ2) is 8.03. The lowest BCUT2D eigenvalue weighted by atomic mass is 10.1. The minimum Gasteiger partial charge on any atom is -0.455 e. The van der Waals surface area contributed by atoms with Crippen molar-refractivity contribution in [3.05, 3.63) is 59.7 Å². The number of nitrogens with zero attached hydrogens (tertiary/aromatic N) is 1. The molecule has 6 heteroatoms. The number of anilines is 2. The average molecular weight is 366 g/mol. The van der Waals surface area contributed by atoms with Crippen LogP contribution in [0.4, 0.5) is 11.4 Å². The molecule has 1 fully saturated rings. The molecule has 1 N–H and O–H groups in total. The summed E-state index contributed by atoms with van der Waals surface area (Å²) in [6.45, 7) is 3.82. The summed E-state index contributed by atoms with van der Waals surface area (Å²) in [5.74, 6) is -1.62. The topological polar surface area (TPSA) is 75.7 Å². The van der Waals surface area contributed by atoms with E-state index >= 15 is 0 Å². The van der Waals surface area contributed by atoms with Crippen LogP contribution >= 0.6 is 0 Å². The van der Waals surface area contributed by atoms with Crippen molar-refractivity contribution in [1.82, 2.24) is 0 Å². The third kappa shape index (κ3) is 4.73. The number of nitrogens with one attached hydrogen (secondary N) is 1. The Hall–Kier alpha value is -3.15. The third-order valence-corrected chi connectivity index (χ3v) is 4.38.